The molecule has 0 saturated heterocycles. The van der Waals surface area contributed by atoms with Crippen molar-refractivity contribution in [2.45, 2.75) is 30.8 Å². The molecule has 0 aliphatic heterocycles. The quantitative estimate of drug-likeness (QED) is 0.671. The molecule has 0 aliphatic rings. The van der Waals surface area contributed by atoms with Crippen LogP contribution in [0.1, 0.15) is 24.8 Å². The van der Waals surface area contributed by atoms with Gasteiger partial charge in [0.15, 0.2) is 0 Å². The zero-order valence-electron chi connectivity index (χ0n) is 11.1. The van der Waals surface area contributed by atoms with Crippen LogP contribution in [0, 0.1) is 0 Å². The number of benzene rings is 1. The molecule has 0 saturated carbocycles. The summed E-state index contributed by atoms with van der Waals surface area (Å²) in [5, 5.41) is 9.14. The molecule has 2 N–H and O–H groups in total. The summed E-state index contributed by atoms with van der Waals surface area (Å²) in [5.41, 5.74) is 0.411. The number of unbranched alkanes of at least 4 members (excludes halogenated alkanes) is 2. The maximum Gasteiger partial charge on any atom is 0.240 e. The van der Waals surface area contributed by atoms with Crippen LogP contribution in [0.3, 0.4) is 0 Å². The van der Waals surface area contributed by atoms with E-state index in [9.17, 15) is 8.42 Å². The van der Waals surface area contributed by atoms with Crippen molar-refractivity contribution >= 4 is 10.0 Å². The molecule has 1 aromatic rings. The van der Waals surface area contributed by atoms with Gasteiger partial charge in [-0.2, -0.15) is 0 Å². The molecule has 6 heteroatoms. The normalized spacial score (nSPS) is 11.7. The van der Waals surface area contributed by atoms with Crippen LogP contribution in [0.4, 0.5) is 0 Å². The summed E-state index contributed by atoms with van der Waals surface area (Å²) in [5.74, 6) is 0. The lowest BCUT2D eigenvalue weighted by Crippen LogP contribution is -2.25. The number of aliphatic hydroxyl groups excluding tert-OH is 1. The molecule has 0 fully saturated rings. The fourth-order valence-corrected chi connectivity index (χ4v) is 3.03. The van der Waals surface area contributed by atoms with E-state index in [0.717, 1.165) is 19.3 Å². The highest BCUT2D eigenvalue weighted by atomic mass is 32.2. The van der Waals surface area contributed by atoms with Crippen molar-refractivity contribution in [3.63, 3.8) is 0 Å². The summed E-state index contributed by atoms with van der Waals surface area (Å²) in [6, 6.07) is 6.45. The summed E-state index contributed by atoms with van der Waals surface area (Å²) in [7, 11) is -1.89. The average molecular weight is 287 g/mol. The molecule has 0 heterocycles. The number of hydrogen-bond acceptors (Lipinski definition) is 4. The highest BCUT2D eigenvalue weighted by molar-refractivity contribution is 7.89. The first kappa shape index (κ1) is 16.1. The second kappa shape index (κ2) is 8.27. The monoisotopic (exact) mass is 287 g/mol. The summed E-state index contributed by atoms with van der Waals surface area (Å²) < 4.78 is 31.6. The van der Waals surface area contributed by atoms with Crippen molar-refractivity contribution in [3.05, 3.63) is 29.8 Å². The minimum Gasteiger partial charge on any atom is -0.392 e. The van der Waals surface area contributed by atoms with Crippen LogP contribution in [0.2, 0.25) is 0 Å². The Labute approximate surface area is 114 Å². The standard InChI is InChI=1S/C13H21NO4S/c1-18-10-6-2-5-9-14-19(16,17)13-8-4-3-7-12(13)11-15/h3-4,7-8,14-15H,2,5-6,9-11H2,1H3. The van der Waals surface area contributed by atoms with Gasteiger partial charge in [-0.25, -0.2) is 13.1 Å². The Kier molecular flexibility index (Phi) is 7.01. The van der Waals surface area contributed by atoms with Crippen molar-refractivity contribution in [1.82, 2.24) is 4.72 Å². The Hall–Kier alpha value is -0.950. The molecule has 5 nitrogen and oxygen atoms in total. The number of nitrogens with one attached hydrogen (secondary N) is 1. The van der Waals surface area contributed by atoms with E-state index in [1.54, 1.807) is 25.3 Å². The van der Waals surface area contributed by atoms with E-state index in [0.29, 0.717) is 18.7 Å². The van der Waals surface area contributed by atoms with Crippen molar-refractivity contribution in [3.8, 4) is 0 Å². The lowest BCUT2D eigenvalue weighted by Gasteiger charge is -2.09. The van der Waals surface area contributed by atoms with Gasteiger partial charge in [0.1, 0.15) is 0 Å². The Morgan fingerprint density at radius 3 is 2.63 bits per heavy atom. The number of hydrogen-bond donors (Lipinski definition) is 2. The van der Waals surface area contributed by atoms with E-state index in [1.165, 1.54) is 6.07 Å². The number of rotatable bonds is 9. The molecule has 0 spiro atoms. The van der Waals surface area contributed by atoms with E-state index in [-0.39, 0.29) is 11.5 Å². The lowest BCUT2D eigenvalue weighted by atomic mass is 10.2. The fraction of sp³-hybridized carbons (Fsp3) is 0.538. The third kappa shape index (κ3) is 5.28. The van der Waals surface area contributed by atoms with Crippen LogP contribution in [-0.4, -0.2) is 33.8 Å². The van der Waals surface area contributed by atoms with Crippen LogP contribution < -0.4 is 4.72 Å². The minimum atomic E-state index is -3.54. The predicted octanol–water partition coefficient (Wildman–Crippen LogP) is 1.27. The van der Waals surface area contributed by atoms with Crippen LogP contribution in [-0.2, 0) is 21.4 Å². The van der Waals surface area contributed by atoms with E-state index >= 15 is 0 Å². The van der Waals surface area contributed by atoms with Crippen LogP contribution in [0.5, 0.6) is 0 Å². The summed E-state index contributed by atoms with van der Waals surface area (Å²) >= 11 is 0. The third-order valence-electron chi connectivity index (χ3n) is 2.75. The number of ether oxygens (including phenoxy) is 1. The second-order valence-electron chi connectivity index (χ2n) is 4.22. The zero-order valence-corrected chi connectivity index (χ0v) is 11.9. The number of sulfonamides is 1. The third-order valence-corrected chi connectivity index (χ3v) is 4.31. The maximum atomic E-state index is 12.1. The summed E-state index contributed by atoms with van der Waals surface area (Å²) in [4.78, 5) is 0.148. The highest BCUT2D eigenvalue weighted by Gasteiger charge is 2.16. The molecule has 0 bridgehead atoms. The van der Waals surface area contributed by atoms with Gasteiger partial charge in [0, 0.05) is 20.3 Å². The van der Waals surface area contributed by atoms with Gasteiger partial charge in [0.2, 0.25) is 10.0 Å². The number of aliphatic hydroxyl groups is 1. The van der Waals surface area contributed by atoms with Crippen LogP contribution in [0.15, 0.2) is 29.2 Å². The lowest BCUT2D eigenvalue weighted by molar-refractivity contribution is 0.192. The first-order valence-corrected chi connectivity index (χ1v) is 7.77. The second-order valence-corrected chi connectivity index (χ2v) is 5.95. The van der Waals surface area contributed by atoms with Gasteiger partial charge in [0.25, 0.3) is 0 Å². The summed E-state index contributed by atoms with van der Waals surface area (Å²) in [6.45, 7) is 0.802. The Morgan fingerprint density at radius 2 is 1.95 bits per heavy atom. The van der Waals surface area contributed by atoms with Crippen molar-refractivity contribution in [2.24, 2.45) is 0 Å². The van der Waals surface area contributed by atoms with E-state index in [4.69, 9.17) is 9.84 Å². The van der Waals surface area contributed by atoms with Crippen LogP contribution >= 0.6 is 0 Å². The van der Waals surface area contributed by atoms with Crippen molar-refractivity contribution in [2.75, 3.05) is 20.3 Å². The van der Waals surface area contributed by atoms with E-state index < -0.39 is 10.0 Å². The molecule has 1 aromatic carbocycles. The maximum absolute atomic E-state index is 12.1. The van der Waals surface area contributed by atoms with Gasteiger partial charge in [0.05, 0.1) is 11.5 Å². The van der Waals surface area contributed by atoms with E-state index in [2.05, 4.69) is 4.72 Å². The smallest absolute Gasteiger partial charge is 0.240 e. The molecular formula is C13H21NO4S. The van der Waals surface area contributed by atoms with Crippen molar-refractivity contribution < 1.29 is 18.3 Å². The molecule has 0 aromatic heterocycles. The minimum absolute atomic E-state index is 0.148. The average Bonchev–Trinajstić information content (AvgIpc) is 2.42. The Balaban J connectivity index is 2.52. The molecule has 0 radical (unpaired) electrons. The molecular weight excluding hydrogens is 266 g/mol. The summed E-state index contributed by atoms with van der Waals surface area (Å²) in [6.07, 6.45) is 2.60. The SMILES string of the molecule is COCCCCCNS(=O)(=O)c1ccccc1CO. The van der Waals surface area contributed by atoms with E-state index in [1.807, 2.05) is 0 Å². The molecule has 0 aliphatic carbocycles. The van der Waals surface area contributed by atoms with Gasteiger partial charge in [-0.3, -0.25) is 0 Å². The molecule has 0 amide bonds. The Morgan fingerprint density at radius 1 is 1.21 bits per heavy atom. The Bertz CT molecular complexity index is 473. The largest absolute Gasteiger partial charge is 0.392 e. The van der Waals surface area contributed by atoms with Gasteiger partial charge in [-0.05, 0) is 30.9 Å². The molecule has 0 unspecified atom stereocenters. The van der Waals surface area contributed by atoms with Gasteiger partial charge in [-0.15, -0.1) is 0 Å². The molecule has 1 rings (SSSR count). The molecule has 0 atom stereocenters. The molecule has 108 valence electrons. The zero-order chi connectivity index (χ0) is 14.1. The first-order valence-electron chi connectivity index (χ1n) is 6.29. The first-order chi connectivity index (χ1) is 9.11. The number of methoxy groups -OCH3 is 1. The van der Waals surface area contributed by atoms with Crippen LogP contribution in [0.25, 0.3) is 0 Å². The highest BCUT2D eigenvalue weighted by Crippen LogP contribution is 2.15. The van der Waals surface area contributed by atoms with Crippen molar-refractivity contribution in [1.29, 1.82) is 0 Å². The van der Waals surface area contributed by atoms with Gasteiger partial charge in [-0.1, -0.05) is 18.2 Å². The molecule has 19 heavy (non-hydrogen) atoms. The van der Waals surface area contributed by atoms with Gasteiger partial charge >= 0.3 is 0 Å². The predicted molar refractivity (Wildman–Crippen MR) is 73.3 cm³/mol. The fourth-order valence-electron chi connectivity index (χ4n) is 1.73. The topological polar surface area (TPSA) is 75.6 Å². The van der Waals surface area contributed by atoms with Gasteiger partial charge < -0.3 is 9.84 Å².